The van der Waals surface area contributed by atoms with Crippen LogP contribution in [0.1, 0.15) is 57.7 Å². The molecule has 10 nitrogen and oxygen atoms in total. The standard InChI is InChI=1S/C29H41N5O5S/c1-17-25(40-16-33-17)19-11-9-18(10-12-19)14-32-27(38)22-13-20(35)15-34(22)28(39)24(29(2,3)4)21(26(37)31-5)7-6-8-23(30)36/h9-12,16,20-22,24,35H,6-8,13-15H2,1-5H3,(H2,30,36)(H,31,37)(H,32,38)/t20-,21?,22+,24-/m1/s1. The van der Waals surface area contributed by atoms with E-state index in [1.807, 2.05) is 57.5 Å². The van der Waals surface area contributed by atoms with E-state index in [0.717, 1.165) is 21.7 Å². The molecule has 1 aliphatic heterocycles. The lowest BCUT2D eigenvalue weighted by Gasteiger charge is -2.39. The Labute approximate surface area is 239 Å². The van der Waals surface area contributed by atoms with Crippen LogP contribution in [-0.4, -0.2) is 64.4 Å². The van der Waals surface area contributed by atoms with E-state index in [0.29, 0.717) is 12.8 Å². The molecule has 40 heavy (non-hydrogen) atoms. The molecule has 0 radical (unpaired) electrons. The summed E-state index contributed by atoms with van der Waals surface area (Å²) in [6.07, 6.45) is 0.0266. The molecule has 4 amide bonds. The average molecular weight is 572 g/mol. The summed E-state index contributed by atoms with van der Waals surface area (Å²) < 4.78 is 0. The van der Waals surface area contributed by atoms with Gasteiger partial charge < -0.3 is 26.4 Å². The lowest BCUT2D eigenvalue weighted by atomic mass is 9.70. The number of aliphatic hydroxyl groups excluding tert-OH is 1. The molecule has 4 atom stereocenters. The molecule has 5 N–H and O–H groups in total. The molecular weight excluding hydrogens is 530 g/mol. The van der Waals surface area contributed by atoms with Crippen molar-refractivity contribution in [1.29, 1.82) is 0 Å². The Morgan fingerprint density at radius 3 is 2.42 bits per heavy atom. The van der Waals surface area contributed by atoms with Crippen molar-refractivity contribution in [2.75, 3.05) is 13.6 Å². The van der Waals surface area contributed by atoms with Gasteiger partial charge in [-0.1, -0.05) is 45.0 Å². The summed E-state index contributed by atoms with van der Waals surface area (Å²) in [5, 5.41) is 16.0. The van der Waals surface area contributed by atoms with Crippen LogP contribution >= 0.6 is 11.3 Å². The molecule has 0 saturated carbocycles. The molecule has 1 unspecified atom stereocenters. The Morgan fingerprint density at radius 2 is 1.88 bits per heavy atom. The summed E-state index contributed by atoms with van der Waals surface area (Å²) in [7, 11) is 1.51. The second kappa shape index (κ2) is 13.4. The zero-order chi connectivity index (χ0) is 29.6. The molecule has 0 aliphatic carbocycles. The number of nitrogens with zero attached hydrogens (tertiary/aromatic N) is 2. The number of β-amino-alcohol motifs (C(OH)–C–C–N with tert-alkyl or cyclic N) is 1. The Balaban J connectivity index is 1.75. The number of thiazole rings is 1. The second-order valence-electron chi connectivity index (χ2n) is 11.5. The molecule has 2 heterocycles. The molecule has 1 aromatic heterocycles. The fourth-order valence-corrected chi connectivity index (χ4v) is 6.23. The monoisotopic (exact) mass is 571 g/mol. The first-order valence-corrected chi connectivity index (χ1v) is 14.5. The van der Waals surface area contributed by atoms with E-state index >= 15 is 0 Å². The van der Waals surface area contributed by atoms with E-state index in [-0.39, 0.29) is 43.7 Å². The molecule has 1 aliphatic rings. The Hall–Kier alpha value is -3.31. The third-order valence-electron chi connectivity index (χ3n) is 7.42. The Bertz CT molecular complexity index is 1210. The van der Waals surface area contributed by atoms with Crippen LogP contribution in [0.4, 0.5) is 0 Å². The maximum atomic E-state index is 14.0. The molecule has 2 aromatic rings. The molecule has 1 saturated heterocycles. The van der Waals surface area contributed by atoms with Crippen LogP contribution in [0, 0.1) is 24.2 Å². The third-order valence-corrected chi connectivity index (χ3v) is 8.39. The van der Waals surface area contributed by atoms with Crippen molar-refractivity contribution in [3.05, 3.63) is 41.0 Å². The van der Waals surface area contributed by atoms with Gasteiger partial charge in [0.25, 0.3) is 0 Å². The average Bonchev–Trinajstić information content (AvgIpc) is 3.50. The number of aromatic nitrogens is 1. The van der Waals surface area contributed by atoms with Gasteiger partial charge in [0.05, 0.1) is 34.0 Å². The van der Waals surface area contributed by atoms with E-state index in [1.165, 1.54) is 11.9 Å². The summed E-state index contributed by atoms with van der Waals surface area (Å²) in [6.45, 7) is 7.86. The highest BCUT2D eigenvalue weighted by Gasteiger charge is 2.47. The van der Waals surface area contributed by atoms with E-state index in [1.54, 1.807) is 11.3 Å². The van der Waals surface area contributed by atoms with Crippen LogP contribution in [0.2, 0.25) is 0 Å². The van der Waals surface area contributed by atoms with Crippen LogP contribution < -0.4 is 16.4 Å². The lowest BCUT2D eigenvalue weighted by Crippen LogP contribution is -2.53. The number of nitrogens with two attached hydrogens (primary N) is 1. The fourth-order valence-electron chi connectivity index (χ4n) is 5.42. The molecule has 1 fully saturated rings. The predicted octanol–water partition coefficient (Wildman–Crippen LogP) is 2.38. The minimum Gasteiger partial charge on any atom is -0.391 e. The minimum absolute atomic E-state index is 0.00808. The topological polar surface area (TPSA) is 155 Å². The van der Waals surface area contributed by atoms with Crippen molar-refractivity contribution in [3.8, 4) is 10.4 Å². The van der Waals surface area contributed by atoms with Crippen molar-refractivity contribution in [2.45, 2.75) is 72.1 Å². The first kappa shape index (κ1) is 31.2. The number of benzene rings is 1. The number of carbonyl (C=O) groups is 4. The van der Waals surface area contributed by atoms with Crippen molar-refractivity contribution in [1.82, 2.24) is 20.5 Å². The molecule has 3 rings (SSSR count). The van der Waals surface area contributed by atoms with Gasteiger partial charge in [0.15, 0.2) is 0 Å². The van der Waals surface area contributed by atoms with Crippen LogP contribution in [0.25, 0.3) is 10.4 Å². The fraction of sp³-hybridized carbons (Fsp3) is 0.552. The van der Waals surface area contributed by atoms with E-state index in [9.17, 15) is 24.3 Å². The van der Waals surface area contributed by atoms with E-state index < -0.39 is 35.3 Å². The summed E-state index contributed by atoms with van der Waals surface area (Å²) in [6, 6.07) is 7.00. The molecule has 218 valence electrons. The molecule has 1 aromatic carbocycles. The van der Waals surface area contributed by atoms with Crippen molar-refractivity contribution in [3.63, 3.8) is 0 Å². The summed E-state index contributed by atoms with van der Waals surface area (Å²) in [4.78, 5) is 58.4. The van der Waals surface area contributed by atoms with Crippen LogP contribution in [0.5, 0.6) is 0 Å². The SMILES string of the molecule is CNC(=O)C(CCCC(N)=O)[C@H](C(=O)N1C[C@H](O)C[C@H]1C(=O)NCc1ccc(-c2scnc2C)cc1)C(C)(C)C. The van der Waals surface area contributed by atoms with Gasteiger partial charge in [-0.15, -0.1) is 11.3 Å². The van der Waals surface area contributed by atoms with Crippen molar-refractivity contribution >= 4 is 35.0 Å². The Morgan fingerprint density at radius 1 is 1.20 bits per heavy atom. The third kappa shape index (κ3) is 7.66. The highest BCUT2D eigenvalue weighted by Crippen LogP contribution is 2.38. The number of rotatable bonds is 11. The van der Waals surface area contributed by atoms with Gasteiger partial charge in [-0.05, 0) is 36.3 Å². The quantitative estimate of drug-likeness (QED) is 0.325. The minimum atomic E-state index is -0.859. The number of carbonyl (C=O) groups excluding carboxylic acids is 4. The largest absolute Gasteiger partial charge is 0.391 e. The zero-order valence-electron chi connectivity index (χ0n) is 23.9. The first-order valence-electron chi connectivity index (χ1n) is 13.6. The molecule has 0 spiro atoms. The zero-order valence-corrected chi connectivity index (χ0v) is 24.7. The smallest absolute Gasteiger partial charge is 0.243 e. The maximum absolute atomic E-state index is 14.0. The number of hydrogen-bond acceptors (Lipinski definition) is 7. The van der Waals surface area contributed by atoms with E-state index in [2.05, 4.69) is 15.6 Å². The molecule has 0 bridgehead atoms. The lowest BCUT2D eigenvalue weighted by molar-refractivity contribution is -0.150. The van der Waals surface area contributed by atoms with Crippen LogP contribution in [0.15, 0.2) is 29.8 Å². The first-order chi connectivity index (χ1) is 18.8. The Kier molecular flexibility index (Phi) is 10.4. The number of likely N-dealkylation sites (tertiary alicyclic amines) is 1. The number of nitrogens with one attached hydrogen (secondary N) is 2. The van der Waals surface area contributed by atoms with Gasteiger partial charge in [0.2, 0.25) is 23.6 Å². The number of aryl methyl sites for hydroxylation is 1. The summed E-state index contributed by atoms with van der Waals surface area (Å²) in [5.74, 6) is -2.99. The van der Waals surface area contributed by atoms with Crippen molar-refractivity contribution < 1.29 is 24.3 Å². The van der Waals surface area contributed by atoms with Gasteiger partial charge >= 0.3 is 0 Å². The highest BCUT2D eigenvalue weighted by molar-refractivity contribution is 7.13. The normalized spacial score (nSPS) is 18.7. The van der Waals surface area contributed by atoms with Gasteiger partial charge in [0, 0.05) is 33.0 Å². The van der Waals surface area contributed by atoms with Gasteiger partial charge in [0.1, 0.15) is 6.04 Å². The van der Waals surface area contributed by atoms with Crippen LogP contribution in [-0.2, 0) is 25.7 Å². The molecular formula is C29H41N5O5S. The summed E-state index contributed by atoms with van der Waals surface area (Å²) >= 11 is 1.57. The van der Waals surface area contributed by atoms with E-state index in [4.69, 9.17) is 5.73 Å². The van der Waals surface area contributed by atoms with Crippen LogP contribution in [0.3, 0.4) is 0 Å². The van der Waals surface area contributed by atoms with Gasteiger partial charge in [-0.2, -0.15) is 0 Å². The van der Waals surface area contributed by atoms with Crippen molar-refractivity contribution in [2.24, 2.45) is 23.0 Å². The molecule has 11 heteroatoms. The highest BCUT2D eigenvalue weighted by atomic mass is 32.1. The second-order valence-corrected chi connectivity index (χ2v) is 12.4. The van der Waals surface area contributed by atoms with Gasteiger partial charge in [-0.3, -0.25) is 19.2 Å². The van der Waals surface area contributed by atoms with Gasteiger partial charge in [-0.25, -0.2) is 4.98 Å². The number of primary amides is 1. The predicted molar refractivity (Wildman–Crippen MR) is 154 cm³/mol. The number of aliphatic hydroxyl groups is 1. The maximum Gasteiger partial charge on any atom is 0.243 e. The number of hydrogen-bond donors (Lipinski definition) is 4. The number of amides is 4. The summed E-state index contributed by atoms with van der Waals surface area (Å²) in [5.41, 5.74) is 9.40.